The molecule has 7 rings (SSSR count). The number of benzene rings is 1. The topological polar surface area (TPSA) is 160 Å². The molecule has 2 N–H and O–H groups in total. The summed E-state index contributed by atoms with van der Waals surface area (Å²) in [6.45, 7) is 16.0. The minimum atomic E-state index is -1.06. The van der Waals surface area contributed by atoms with E-state index in [-0.39, 0.29) is 85.1 Å². The molecule has 1 aromatic carbocycles. The van der Waals surface area contributed by atoms with E-state index in [9.17, 15) is 19.2 Å². The van der Waals surface area contributed by atoms with Gasteiger partial charge in [0.2, 0.25) is 5.91 Å². The zero-order chi connectivity index (χ0) is 44.7. The van der Waals surface area contributed by atoms with Crippen molar-refractivity contribution in [3.8, 4) is 22.5 Å². The maximum absolute atomic E-state index is 14.6. The van der Waals surface area contributed by atoms with Crippen molar-refractivity contribution in [1.82, 2.24) is 40.1 Å². The number of carbonyl (C=O) groups excluding carboxylic acids is 4. The predicted molar refractivity (Wildman–Crippen MR) is 280 cm³/mol. The molecule has 4 aromatic rings. The Labute approximate surface area is 421 Å². The molecule has 3 aliphatic rings. The lowest BCUT2D eigenvalue weighted by Crippen LogP contribution is -2.65. The first kappa shape index (κ1) is 56.8. The minimum absolute atomic E-state index is 0. The van der Waals surface area contributed by atoms with Crippen molar-refractivity contribution in [2.45, 2.75) is 110 Å². The first-order valence-corrected chi connectivity index (χ1v) is 22.6. The van der Waals surface area contributed by atoms with Crippen molar-refractivity contribution in [3.05, 3.63) is 58.2 Å². The summed E-state index contributed by atoms with van der Waals surface area (Å²) >= 11 is 1.42. The number of aryl methyl sites for hydroxylation is 1. The predicted octanol–water partition coefficient (Wildman–Crippen LogP) is 6.45. The quantitative estimate of drug-likeness (QED) is 0.179. The van der Waals surface area contributed by atoms with Crippen LogP contribution in [0, 0.1) is 11.3 Å². The van der Waals surface area contributed by atoms with Crippen LogP contribution in [0.2, 0.25) is 0 Å². The van der Waals surface area contributed by atoms with Crippen LogP contribution in [0.15, 0.2) is 41.9 Å². The number of amides is 4. The van der Waals surface area contributed by atoms with Gasteiger partial charge in [0.1, 0.15) is 18.1 Å². The molecule has 0 spiro atoms. The number of hydrazine groups is 1. The third kappa shape index (κ3) is 11.5. The van der Waals surface area contributed by atoms with Gasteiger partial charge in [-0.15, -0.1) is 11.3 Å². The number of urea groups is 1. The summed E-state index contributed by atoms with van der Waals surface area (Å²) in [5.41, 5.74) is 8.87. The third-order valence-corrected chi connectivity index (χ3v) is 13.6. The molecule has 66 heavy (non-hydrogen) atoms. The molecule has 366 valence electrons. The van der Waals surface area contributed by atoms with E-state index >= 15 is 0 Å². The Morgan fingerprint density at radius 3 is 2.41 bits per heavy atom. The standard InChI is InChI=1S/C46H62N8O7S.4H2S/c1-11-53-36-17-16-29-20-31(36)32(40(53)30-14-12-18-47-38(30)28(4)59-10)22-45(5,6)24-61-43(57)33-15-13-19-54(50-33)42(56)34(21-37-48-35(29)23-62-37)49-41(55)39(27(2)3)51(8)44(58)52(9)46(7)25-60-26-46;;;;/h12,14,16-18,20,23,27-28,33-34,39,50H,11,13,15,19,21-22,24-26H2,1-10H3,(H,49,55);4*1H2/t28-,33-,34-,39-;;;;/m0..../s1. The second kappa shape index (κ2) is 23.2. The van der Waals surface area contributed by atoms with Crippen LogP contribution < -0.4 is 10.7 Å². The van der Waals surface area contributed by atoms with Gasteiger partial charge in [-0.25, -0.2) is 15.2 Å². The number of carbonyl (C=O) groups is 4. The highest BCUT2D eigenvalue weighted by Crippen LogP contribution is 2.42. The lowest BCUT2D eigenvalue weighted by molar-refractivity contribution is -0.155. The lowest BCUT2D eigenvalue weighted by Gasteiger charge is -2.47. The number of ether oxygens (including phenoxy) is 3. The number of thiazole rings is 1. The van der Waals surface area contributed by atoms with Crippen molar-refractivity contribution in [2.75, 3.05) is 47.6 Å². The Morgan fingerprint density at radius 1 is 1.06 bits per heavy atom. The minimum Gasteiger partial charge on any atom is -0.464 e. The summed E-state index contributed by atoms with van der Waals surface area (Å²) in [5, 5.41) is 8.15. The van der Waals surface area contributed by atoms with E-state index in [1.165, 1.54) is 21.2 Å². The summed E-state index contributed by atoms with van der Waals surface area (Å²) in [5.74, 6) is -1.59. The van der Waals surface area contributed by atoms with Gasteiger partial charge in [0.15, 0.2) is 0 Å². The van der Waals surface area contributed by atoms with E-state index < -0.39 is 46.9 Å². The summed E-state index contributed by atoms with van der Waals surface area (Å²) in [7, 11) is 5.02. The van der Waals surface area contributed by atoms with Crippen LogP contribution in [0.3, 0.4) is 0 Å². The maximum atomic E-state index is 14.6. The maximum Gasteiger partial charge on any atom is 0.324 e. The summed E-state index contributed by atoms with van der Waals surface area (Å²) in [4.78, 5) is 69.5. The van der Waals surface area contributed by atoms with E-state index in [0.717, 1.165) is 44.7 Å². The van der Waals surface area contributed by atoms with Crippen molar-refractivity contribution in [2.24, 2.45) is 11.3 Å². The first-order chi connectivity index (χ1) is 29.5. The summed E-state index contributed by atoms with van der Waals surface area (Å²) in [6, 6.07) is 7.41. The average molecular weight is 1010 g/mol. The SMILES string of the molecule is CCn1c(-c2cccnc2[C@H](C)OC)c2c3cc(ccc31)-c1csc(n1)C[C@H](NC(=O)[C@H](C(C)C)N(C)C(=O)N(C)C1(C)COC1)C(=O)N1CCC[C@H](N1)C(=O)OCC(C)(C)C2.S.S.S.S. The molecule has 6 heterocycles. The Bertz CT molecular complexity index is 2340. The number of likely N-dealkylation sites (N-methyl/N-ethyl adjacent to an activating group) is 2. The van der Waals surface area contributed by atoms with Crippen molar-refractivity contribution in [3.63, 3.8) is 0 Å². The van der Waals surface area contributed by atoms with Crippen molar-refractivity contribution < 1.29 is 33.4 Å². The highest BCUT2D eigenvalue weighted by Gasteiger charge is 2.44. The summed E-state index contributed by atoms with van der Waals surface area (Å²) < 4.78 is 19.6. The number of fused-ring (bicyclic) bond motifs is 6. The smallest absolute Gasteiger partial charge is 0.324 e. The van der Waals surface area contributed by atoms with Gasteiger partial charge >= 0.3 is 12.0 Å². The van der Waals surface area contributed by atoms with Gasteiger partial charge in [0.25, 0.3) is 5.91 Å². The number of hydrogen-bond donors (Lipinski definition) is 2. The lowest BCUT2D eigenvalue weighted by atomic mass is 9.84. The number of nitrogens with one attached hydrogen (secondary N) is 2. The highest BCUT2D eigenvalue weighted by atomic mass is 32.1. The fourth-order valence-electron chi connectivity index (χ4n) is 8.92. The molecule has 2 saturated heterocycles. The molecule has 3 aromatic heterocycles. The average Bonchev–Trinajstić information content (AvgIpc) is 3.84. The van der Waals surface area contributed by atoms with Crippen LogP contribution in [0.1, 0.15) is 83.7 Å². The second-order valence-corrected chi connectivity index (χ2v) is 19.3. The van der Waals surface area contributed by atoms with Crippen LogP contribution in [-0.2, 0) is 48.0 Å². The number of hydrogen-bond acceptors (Lipinski definition) is 11. The zero-order valence-corrected chi connectivity index (χ0v) is 44.6. The van der Waals surface area contributed by atoms with Gasteiger partial charge in [0.05, 0.1) is 53.6 Å². The number of methoxy groups -OCH3 is 1. The van der Waals surface area contributed by atoms with Gasteiger partial charge in [-0.05, 0) is 75.8 Å². The van der Waals surface area contributed by atoms with Gasteiger partial charge in [-0.3, -0.25) is 24.4 Å². The molecule has 4 amide bonds. The molecule has 6 bridgehead atoms. The molecule has 0 radical (unpaired) electrons. The van der Waals surface area contributed by atoms with Gasteiger partial charge in [-0.2, -0.15) is 54.0 Å². The van der Waals surface area contributed by atoms with Crippen LogP contribution in [0.25, 0.3) is 33.4 Å². The number of pyridine rings is 1. The summed E-state index contributed by atoms with van der Waals surface area (Å²) in [6.07, 6.45) is 3.26. The molecular weight excluding hydrogens is 937 g/mol. The largest absolute Gasteiger partial charge is 0.464 e. The van der Waals surface area contributed by atoms with E-state index in [0.29, 0.717) is 50.6 Å². The van der Waals surface area contributed by atoms with Crippen LogP contribution >= 0.6 is 65.3 Å². The van der Waals surface area contributed by atoms with Crippen LogP contribution in [0.5, 0.6) is 0 Å². The van der Waals surface area contributed by atoms with E-state index in [1.807, 2.05) is 39.1 Å². The molecule has 4 atom stereocenters. The molecular formula is C46H70N8O7S5. The molecule has 0 aliphatic carbocycles. The number of cyclic esters (lactones) is 1. The molecule has 3 aliphatic heterocycles. The Kier molecular flexibility index (Phi) is 20.0. The fraction of sp³-hybridized carbons (Fsp3) is 0.565. The Balaban J connectivity index is 0.00000289. The monoisotopic (exact) mass is 1010 g/mol. The van der Waals surface area contributed by atoms with Crippen LogP contribution in [0.4, 0.5) is 4.79 Å². The van der Waals surface area contributed by atoms with E-state index in [4.69, 9.17) is 24.2 Å². The molecule has 20 heteroatoms. The molecule has 0 saturated carbocycles. The number of nitrogens with zero attached hydrogens (tertiary/aromatic N) is 6. The first-order valence-electron chi connectivity index (χ1n) is 21.7. The van der Waals surface area contributed by atoms with Crippen molar-refractivity contribution in [1.29, 1.82) is 0 Å². The third-order valence-electron chi connectivity index (χ3n) is 12.7. The van der Waals surface area contributed by atoms with E-state index in [1.54, 1.807) is 32.3 Å². The van der Waals surface area contributed by atoms with Crippen molar-refractivity contribution >= 4 is 100 Å². The molecule has 15 nitrogen and oxygen atoms in total. The zero-order valence-electron chi connectivity index (χ0n) is 39.7. The number of rotatable bonds is 9. The number of aromatic nitrogens is 3. The Hall–Kier alpha value is -3.50. The van der Waals surface area contributed by atoms with Gasteiger partial charge in [-0.1, -0.05) is 33.8 Å². The van der Waals surface area contributed by atoms with E-state index in [2.05, 4.69) is 60.3 Å². The molecule has 0 unspecified atom stereocenters. The highest BCUT2D eigenvalue weighted by molar-refractivity contribution is 7.59. The normalized spacial score (nSPS) is 19.8. The van der Waals surface area contributed by atoms with Gasteiger partial charge in [0, 0.05) is 79.7 Å². The van der Waals surface area contributed by atoms with Crippen LogP contribution in [-0.4, -0.2) is 124 Å². The number of esters is 1. The second-order valence-electron chi connectivity index (χ2n) is 18.4. The fourth-order valence-corrected chi connectivity index (χ4v) is 9.77. The van der Waals surface area contributed by atoms with Gasteiger partial charge < -0.3 is 33.9 Å². The molecule has 2 fully saturated rings. The Morgan fingerprint density at radius 2 is 1.77 bits per heavy atom.